The molecule has 0 N–H and O–H groups in total. The molecule has 2 aromatic heterocycles. The van der Waals surface area contributed by atoms with Crippen molar-refractivity contribution < 1.29 is 9.21 Å². The van der Waals surface area contributed by atoms with Crippen molar-refractivity contribution in [2.75, 3.05) is 13.1 Å². The van der Waals surface area contributed by atoms with Gasteiger partial charge in [0.05, 0.1) is 22.8 Å². The van der Waals surface area contributed by atoms with Gasteiger partial charge in [0.25, 0.3) is 5.91 Å². The van der Waals surface area contributed by atoms with Crippen LogP contribution in [-0.2, 0) is 6.54 Å². The molecule has 0 unspecified atom stereocenters. The highest BCUT2D eigenvalue weighted by atomic mass is 35.5. The highest BCUT2D eigenvalue weighted by molar-refractivity contribution is 6.31. The van der Waals surface area contributed by atoms with Crippen molar-refractivity contribution in [1.29, 1.82) is 0 Å². The number of hydrogen-bond donors (Lipinski definition) is 0. The Morgan fingerprint density at radius 3 is 2.86 bits per heavy atom. The van der Waals surface area contributed by atoms with Crippen LogP contribution in [0.15, 0.2) is 27.4 Å². The Morgan fingerprint density at radius 1 is 1.36 bits per heavy atom. The van der Waals surface area contributed by atoms with Gasteiger partial charge in [0.15, 0.2) is 5.58 Å². The molecular weight excluding hydrogens is 380 g/mol. The summed E-state index contributed by atoms with van der Waals surface area (Å²) in [4.78, 5) is 27.5. The number of hydrogen-bond acceptors (Lipinski definition) is 4. The third kappa shape index (κ3) is 3.03. The van der Waals surface area contributed by atoms with Gasteiger partial charge in [0.1, 0.15) is 0 Å². The van der Waals surface area contributed by atoms with Crippen molar-refractivity contribution in [3.63, 3.8) is 0 Å². The lowest BCUT2D eigenvalue weighted by molar-refractivity contribution is 0.0676. The number of amides is 1. The first-order chi connectivity index (χ1) is 13.4. The molecule has 1 saturated heterocycles. The quantitative estimate of drug-likeness (QED) is 0.671. The first-order valence-corrected chi connectivity index (χ1v) is 9.92. The number of rotatable bonds is 3. The van der Waals surface area contributed by atoms with Gasteiger partial charge >= 0.3 is 5.76 Å². The zero-order valence-electron chi connectivity index (χ0n) is 16.2. The number of nitrogens with zero attached hydrogens (tertiary/aromatic N) is 4. The molecule has 3 aromatic rings. The first-order valence-electron chi connectivity index (χ1n) is 9.54. The minimum atomic E-state index is -0.414. The summed E-state index contributed by atoms with van der Waals surface area (Å²) < 4.78 is 8.86. The highest BCUT2D eigenvalue weighted by Gasteiger charge is 2.30. The van der Waals surface area contributed by atoms with E-state index < -0.39 is 5.76 Å². The normalized spacial score (nSPS) is 17.4. The molecule has 1 aliphatic heterocycles. The second-order valence-electron chi connectivity index (χ2n) is 7.26. The van der Waals surface area contributed by atoms with Gasteiger partial charge in [-0.25, -0.2) is 4.79 Å². The summed E-state index contributed by atoms with van der Waals surface area (Å²) >= 11 is 6.12. The molecule has 1 aliphatic rings. The number of oxazole rings is 1. The summed E-state index contributed by atoms with van der Waals surface area (Å²) in [6.07, 6.45) is 1.62. The summed E-state index contributed by atoms with van der Waals surface area (Å²) in [7, 11) is 0. The number of halogens is 1. The van der Waals surface area contributed by atoms with E-state index >= 15 is 0 Å². The average molecular weight is 403 g/mol. The topological polar surface area (TPSA) is 73.3 Å². The minimum Gasteiger partial charge on any atom is -0.408 e. The second-order valence-corrected chi connectivity index (χ2v) is 7.70. The van der Waals surface area contributed by atoms with E-state index in [1.807, 2.05) is 30.4 Å². The van der Waals surface area contributed by atoms with Crippen LogP contribution in [0.5, 0.6) is 0 Å². The number of likely N-dealkylation sites (tertiary alicyclic amines) is 1. The zero-order chi connectivity index (χ0) is 20.0. The Kier molecular flexibility index (Phi) is 4.79. The molecule has 28 heavy (non-hydrogen) atoms. The van der Waals surface area contributed by atoms with Gasteiger partial charge in [0.2, 0.25) is 0 Å². The Labute approximate surface area is 167 Å². The van der Waals surface area contributed by atoms with Crippen LogP contribution >= 0.6 is 11.6 Å². The van der Waals surface area contributed by atoms with E-state index in [-0.39, 0.29) is 11.9 Å². The van der Waals surface area contributed by atoms with E-state index in [0.29, 0.717) is 34.8 Å². The van der Waals surface area contributed by atoms with Crippen molar-refractivity contribution in [1.82, 2.24) is 19.2 Å². The SMILES string of the molecule is CCn1nc(C)c(C(=O)N2CCC[C@H](n3c(=O)oc4ccc(Cl)cc43)C2)c1C. The molecule has 0 spiro atoms. The number of aromatic nitrogens is 3. The van der Waals surface area contributed by atoms with E-state index in [0.717, 1.165) is 30.8 Å². The molecule has 7 nitrogen and oxygen atoms in total. The van der Waals surface area contributed by atoms with Gasteiger partial charge in [0, 0.05) is 30.4 Å². The van der Waals surface area contributed by atoms with Gasteiger partial charge in [-0.15, -0.1) is 0 Å². The number of carbonyl (C=O) groups is 1. The monoisotopic (exact) mass is 402 g/mol. The smallest absolute Gasteiger partial charge is 0.408 e. The standard InChI is InChI=1S/C20H23ClN4O3/c1-4-24-13(3)18(12(2)22-24)19(26)23-9-5-6-15(11-23)25-16-10-14(21)7-8-17(16)28-20(25)27/h7-8,10,15H,4-6,9,11H2,1-3H3/t15-/m0/s1. The molecule has 3 heterocycles. The highest BCUT2D eigenvalue weighted by Crippen LogP contribution is 2.28. The minimum absolute atomic E-state index is 0.0294. The van der Waals surface area contributed by atoms with Crippen LogP contribution in [0.4, 0.5) is 0 Å². The Bertz CT molecular complexity index is 1110. The Balaban J connectivity index is 1.67. The van der Waals surface area contributed by atoms with Crippen molar-refractivity contribution >= 4 is 28.6 Å². The summed E-state index contributed by atoms with van der Waals surface area (Å²) in [5.41, 5.74) is 3.46. The Hall–Kier alpha value is -2.54. The van der Waals surface area contributed by atoms with Crippen LogP contribution in [0.2, 0.25) is 5.02 Å². The molecule has 0 bridgehead atoms. The number of piperidine rings is 1. The van der Waals surface area contributed by atoms with Crippen molar-refractivity contribution in [2.45, 2.75) is 46.2 Å². The third-order valence-corrected chi connectivity index (χ3v) is 5.75. The number of fused-ring (bicyclic) bond motifs is 1. The molecule has 4 rings (SSSR count). The van der Waals surface area contributed by atoms with Crippen LogP contribution < -0.4 is 5.76 Å². The lowest BCUT2D eigenvalue weighted by Gasteiger charge is -2.33. The summed E-state index contributed by atoms with van der Waals surface area (Å²) in [5, 5.41) is 5.01. The van der Waals surface area contributed by atoms with E-state index in [4.69, 9.17) is 16.0 Å². The molecule has 1 fully saturated rings. The molecular formula is C20H23ClN4O3. The number of carbonyl (C=O) groups excluding carboxylic acids is 1. The largest absolute Gasteiger partial charge is 0.420 e. The molecule has 0 aliphatic carbocycles. The van der Waals surface area contributed by atoms with Crippen LogP contribution in [0.1, 0.15) is 47.6 Å². The molecule has 0 radical (unpaired) electrons. The predicted octanol–water partition coefficient (Wildman–Crippen LogP) is 3.56. The fraction of sp³-hybridized carbons (Fsp3) is 0.450. The van der Waals surface area contributed by atoms with E-state index in [9.17, 15) is 9.59 Å². The molecule has 0 saturated carbocycles. The van der Waals surface area contributed by atoms with Crippen LogP contribution in [-0.4, -0.2) is 38.2 Å². The fourth-order valence-corrected chi connectivity index (χ4v) is 4.34. The average Bonchev–Trinajstić information content (AvgIpc) is 3.15. The van der Waals surface area contributed by atoms with Crippen LogP contribution in [0, 0.1) is 13.8 Å². The molecule has 1 aromatic carbocycles. The maximum atomic E-state index is 13.2. The van der Waals surface area contributed by atoms with E-state index in [1.54, 1.807) is 22.8 Å². The second kappa shape index (κ2) is 7.13. The van der Waals surface area contributed by atoms with Gasteiger partial charge in [-0.05, 0) is 51.8 Å². The number of benzene rings is 1. The summed E-state index contributed by atoms with van der Waals surface area (Å²) in [6.45, 7) is 7.64. The van der Waals surface area contributed by atoms with Crippen LogP contribution in [0.25, 0.3) is 11.1 Å². The van der Waals surface area contributed by atoms with Crippen molar-refractivity contribution in [3.8, 4) is 0 Å². The lowest BCUT2D eigenvalue weighted by Crippen LogP contribution is -2.42. The van der Waals surface area contributed by atoms with E-state index in [1.165, 1.54) is 0 Å². The Morgan fingerprint density at radius 2 is 2.14 bits per heavy atom. The van der Waals surface area contributed by atoms with Crippen LogP contribution in [0.3, 0.4) is 0 Å². The molecule has 1 atom stereocenters. The first kappa shape index (κ1) is 18.8. The van der Waals surface area contributed by atoms with E-state index in [2.05, 4.69) is 5.10 Å². The van der Waals surface area contributed by atoms with Crippen molar-refractivity contribution in [3.05, 3.63) is 50.7 Å². The summed E-state index contributed by atoms with van der Waals surface area (Å²) in [5.74, 6) is -0.444. The maximum Gasteiger partial charge on any atom is 0.420 e. The zero-order valence-corrected chi connectivity index (χ0v) is 17.0. The predicted molar refractivity (Wildman–Crippen MR) is 107 cm³/mol. The summed E-state index contributed by atoms with van der Waals surface area (Å²) in [6, 6.07) is 4.99. The number of aryl methyl sites for hydroxylation is 2. The van der Waals surface area contributed by atoms with Gasteiger partial charge in [-0.3, -0.25) is 14.0 Å². The van der Waals surface area contributed by atoms with Gasteiger partial charge < -0.3 is 9.32 Å². The lowest BCUT2D eigenvalue weighted by atomic mass is 10.0. The molecule has 148 valence electrons. The molecule has 8 heteroatoms. The fourth-order valence-electron chi connectivity index (χ4n) is 4.17. The van der Waals surface area contributed by atoms with Gasteiger partial charge in [-0.1, -0.05) is 11.6 Å². The van der Waals surface area contributed by atoms with Crippen molar-refractivity contribution in [2.24, 2.45) is 0 Å². The third-order valence-electron chi connectivity index (χ3n) is 5.52. The molecule has 1 amide bonds. The van der Waals surface area contributed by atoms with Gasteiger partial charge in [-0.2, -0.15) is 5.10 Å². The maximum absolute atomic E-state index is 13.2.